The SMILES string of the molecule is Cc1[nH]c2cc(C(F)(F)F)ccc2c1CCN. The fraction of sp³-hybridized carbons (Fsp3) is 0.333. The van der Waals surface area contributed by atoms with Crippen molar-refractivity contribution in [3.8, 4) is 0 Å². The largest absolute Gasteiger partial charge is 0.416 e. The molecule has 0 unspecified atom stereocenters. The maximum atomic E-state index is 12.5. The number of aryl methyl sites for hydroxylation is 1. The van der Waals surface area contributed by atoms with Crippen LogP contribution in [0.3, 0.4) is 0 Å². The van der Waals surface area contributed by atoms with Gasteiger partial charge in [-0.3, -0.25) is 0 Å². The van der Waals surface area contributed by atoms with Crippen LogP contribution < -0.4 is 5.73 Å². The van der Waals surface area contributed by atoms with E-state index in [4.69, 9.17) is 5.73 Å². The van der Waals surface area contributed by atoms with Crippen LogP contribution in [-0.4, -0.2) is 11.5 Å². The van der Waals surface area contributed by atoms with Gasteiger partial charge in [-0.15, -0.1) is 0 Å². The molecule has 2 rings (SSSR count). The Morgan fingerprint density at radius 1 is 1.29 bits per heavy atom. The quantitative estimate of drug-likeness (QED) is 0.835. The maximum absolute atomic E-state index is 12.5. The average Bonchev–Trinajstić information content (AvgIpc) is 2.54. The summed E-state index contributed by atoms with van der Waals surface area (Å²) in [6.45, 7) is 2.33. The van der Waals surface area contributed by atoms with Crippen LogP contribution in [0.25, 0.3) is 10.9 Å². The van der Waals surface area contributed by atoms with Gasteiger partial charge in [0.15, 0.2) is 0 Å². The van der Waals surface area contributed by atoms with Crippen LogP contribution in [0.2, 0.25) is 0 Å². The molecule has 0 atom stereocenters. The van der Waals surface area contributed by atoms with E-state index in [1.165, 1.54) is 6.07 Å². The second kappa shape index (κ2) is 4.07. The molecule has 0 aliphatic rings. The van der Waals surface area contributed by atoms with Gasteiger partial charge in [0.05, 0.1) is 5.56 Å². The van der Waals surface area contributed by atoms with E-state index >= 15 is 0 Å². The third-order valence-electron chi connectivity index (χ3n) is 2.84. The van der Waals surface area contributed by atoms with Gasteiger partial charge in [0.25, 0.3) is 0 Å². The van der Waals surface area contributed by atoms with E-state index in [9.17, 15) is 13.2 Å². The van der Waals surface area contributed by atoms with E-state index in [0.29, 0.717) is 18.5 Å². The zero-order chi connectivity index (χ0) is 12.6. The van der Waals surface area contributed by atoms with Crippen molar-refractivity contribution in [1.82, 2.24) is 4.98 Å². The number of aromatic amines is 1. The molecule has 0 saturated heterocycles. The average molecular weight is 242 g/mol. The molecule has 1 aromatic carbocycles. The van der Waals surface area contributed by atoms with Gasteiger partial charge in [-0.2, -0.15) is 13.2 Å². The number of fused-ring (bicyclic) bond motifs is 1. The second-order valence-electron chi connectivity index (χ2n) is 4.03. The van der Waals surface area contributed by atoms with Gasteiger partial charge in [0, 0.05) is 16.6 Å². The number of hydrogen-bond donors (Lipinski definition) is 2. The molecule has 0 bridgehead atoms. The van der Waals surface area contributed by atoms with Crippen LogP contribution in [0.15, 0.2) is 18.2 Å². The molecule has 0 spiro atoms. The van der Waals surface area contributed by atoms with Crippen molar-refractivity contribution in [2.24, 2.45) is 5.73 Å². The third-order valence-corrected chi connectivity index (χ3v) is 2.84. The van der Waals surface area contributed by atoms with Gasteiger partial charge in [-0.25, -0.2) is 0 Å². The van der Waals surface area contributed by atoms with E-state index < -0.39 is 11.7 Å². The molecular formula is C12H13F3N2. The topological polar surface area (TPSA) is 41.8 Å². The molecule has 0 aliphatic carbocycles. The Labute approximate surface area is 96.6 Å². The first-order valence-corrected chi connectivity index (χ1v) is 5.32. The fourth-order valence-electron chi connectivity index (χ4n) is 2.03. The Hall–Kier alpha value is -1.49. The summed E-state index contributed by atoms with van der Waals surface area (Å²) in [6.07, 6.45) is -3.64. The number of nitrogens with two attached hydrogens (primary N) is 1. The lowest BCUT2D eigenvalue weighted by Crippen LogP contribution is -2.04. The highest BCUT2D eigenvalue weighted by molar-refractivity contribution is 5.85. The summed E-state index contributed by atoms with van der Waals surface area (Å²) >= 11 is 0. The normalized spacial score (nSPS) is 12.3. The minimum absolute atomic E-state index is 0.481. The lowest BCUT2D eigenvalue weighted by Gasteiger charge is -2.06. The van der Waals surface area contributed by atoms with Crippen LogP contribution >= 0.6 is 0 Å². The van der Waals surface area contributed by atoms with Crippen LogP contribution in [0.1, 0.15) is 16.8 Å². The molecule has 0 fully saturated rings. The standard InChI is InChI=1S/C12H13F3N2/c1-7-9(4-5-16)10-3-2-8(12(13,14)15)6-11(10)17-7/h2-3,6,17H,4-5,16H2,1H3. The van der Waals surface area contributed by atoms with E-state index in [2.05, 4.69) is 4.98 Å². The molecule has 3 N–H and O–H groups in total. The van der Waals surface area contributed by atoms with Gasteiger partial charge >= 0.3 is 6.18 Å². The molecule has 2 aromatic rings. The molecule has 17 heavy (non-hydrogen) atoms. The van der Waals surface area contributed by atoms with Crippen molar-refractivity contribution in [1.29, 1.82) is 0 Å². The number of aromatic nitrogens is 1. The zero-order valence-corrected chi connectivity index (χ0v) is 9.36. The van der Waals surface area contributed by atoms with Crippen molar-refractivity contribution >= 4 is 10.9 Å². The Bertz CT molecular complexity index is 540. The van der Waals surface area contributed by atoms with Crippen molar-refractivity contribution in [2.75, 3.05) is 6.54 Å². The fourth-order valence-corrected chi connectivity index (χ4v) is 2.03. The van der Waals surface area contributed by atoms with E-state index in [-0.39, 0.29) is 0 Å². The lowest BCUT2D eigenvalue weighted by atomic mass is 10.1. The van der Waals surface area contributed by atoms with Crippen LogP contribution in [0, 0.1) is 6.92 Å². The maximum Gasteiger partial charge on any atom is 0.416 e. The van der Waals surface area contributed by atoms with Crippen LogP contribution in [-0.2, 0) is 12.6 Å². The number of benzene rings is 1. The summed E-state index contributed by atoms with van der Waals surface area (Å²) in [4.78, 5) is 2.97. The molecule has 92 valence electrons. The second-order valence-corrected chi connectivity index (χ2v) is 4.03. The van der Waals surface area contributed by atoms with E-state index in [0.717, 1.165) is 28.8 Å². The van der Waals surface area contributed by atoms with Gasteiger partial charge in [0.1, 0.15) is 0 Å². The van der Waals surface area contributed by atoms with Crippen LogP contribution in [0.5, 0.6) is 0 Å². The highest BCUT2D eigenvalue weighted by atomic mass is 19.4. The summed E-state index contributed by atoms with van der Waals surface area (Å²) in [5, 5.41) is 0.820. The molecular weight excluding hydrogens is 229 g/mol. The number of alkyl halides is 3. The summed E-state index contributed by atoms with van der Waals surface area (Å²) in [5.74, 6) is 0. The molecule has 1 aromatic heterocycles. The Morgan fingerprint density at radius 2 is 2.00 bits per heavy atom. The van der Waals surface area contributed by atoms with E-state index in [1.807, 2.05) is 6.92 Å². The Morgan fingerprint density at radius 3 is 2.59 bits per heavy atom. The third kappa shape index (κ3) is 2.15. The minimum atomic E-state index is -4.30. The molecule has 5 heteroatoms. The minimum Gasteiger partial charge on any atom is -0.358 e. The highest BCUT2D eigenvalue weighted by Gasteiger charge is 2.30. The first kappa shape index (κ1) is 12.0. The number of halogens is 3. The van der Waals surface area contributed by atoms with Crippen molar-refractivity contribution < 1.29 is 13.2 Å². The highest BCUT2D eigenvalue weighted by Crippen LogP contribution is 2.32. The van der Waals surface area contributed by atoms with Crippen molar-refractivity contribution in [2.45, 2.75) is 19.5 Å². The molecule has 0 amide bonds. The predicted molar refractivity (Wildman–Crippen MR) is 60.8 cm³/mol. The van der Waals surface area contributed by atoms with Crippen molar-refractivity contribution in [3.05, 3.63) is 35.0 Å². The zero-order valence-electron chi connectivity index (χ0n) is 9.36. The van der Waals surface area contributed by atoms with Gasteiger partial charge in [0.2, 0.25) is 0 Å². The van der Waals surface area contributed by atoms with Crippen LogP contribution in [0.4, 0.5) is 13.2 Å². The Kier molecular flexibility index (Phi) is 2.87. The monoisotopic (exact) mass is 242 g/mol. The molecule has 2 nitrogen and oxygen atoms in total. The molecule has 0 aliphatic heterocycles. The van der Waals surface area contributed by atoms with Crippen molar-refractivity contribution in [3.63, 3.8) is 0 Å². The van der Waals surface area contributed by atoms with Gasteiger partial charge < -0.3 is 10.7 Å². The summed E-state index contributed by atoms with van der Waals surface area (Å²) in [6, 6.07) is 3.75. The number of H-pyrrole nitrogens is 1. The number of rotatable bonds is 2. The smallest absolute Gasteiger partial charge is 0.358 e. The predicted octanol–water partition coefficient (Wildman–Crippen LogP) is 3.00. The summed E-state index contributed by atoms with van der Waals surface area (Å²) < 4.78 is 37.6. The summed E-state index contributed by atoms with van der Waals surface area (Å²) in [7, 11) is 0. The van der Waals surface area contributed by atoms with E-state index in [1.54, 1.807) is 0 Å². The Balaban J connectivity index is 2.58. The van der Waals surface area contributed by atoms with Gasteiger partial charge in [-0.05, 0) is 37.6 Å². The molecule has 0 radical (unpaired) electrons. The lowest BCUT2D eigenvalue weighted by molar-refractivity contribution is -0.137. The number of nitrogens with one attached hydrogen (secondary N) is 1. The molecule has 1 heterocycles. The first-order valence-electron chi connectivity index (χ1n) is 5.32. The first-order chi connectivity index (χ1) is 7.93. The van der Waals surface area contributed by atoms with Gasteiger partial charge in [-0.1, -0.05) is 6.07 Å². The molecule has 0 saturated carbocycles. The summed E-state index contributed by atoms with van der Waals surface area (Å²) in [5.41, 5.74) is 7.24. The number of hydrogen-bond acceptors (Lipinski definition) is 1.